The Morgan fingerprint density at radius 3 is 2.75 bits per heavy atom. The lowest BCUT2D eigenvalue weighted by Gasteiger charge is -2.10. The second-order valence-corrected chi connectivity index (χ2v) is 8.43. The number of halogens is 2. The fourth-order valence-electron chi connectivity index (χ4n) is 2.97. The Labute approximate surface area is 198 Å². The predicted molar refractivity (Wildman–Crippen MR) is 126 cm³/mol. The summed E-state index contributed by atoms with van der Waals surface area (Å²) in [5, 5.41) is 12.9. The van der Waals surface area contributed by atoms with Crippen LogP contribution in [0.5, 0.6) is 5.75 Å². The van der Waals surface area contributed by atoms with Crippen LogP contribution < -0.4 is 10.1 Å². The molecule has 0 unspecified atom stereocenters. The van der Waals surface area contributed by atoms with Crippen molar-refractivity contribution in [1.82, 2.24) is 14.8 Å². The third kappa shape index (κ3) is 5.27. The van der Waals surface area contributed by atoms with Crippen LogP contribution in [-0.2, 0) is 11.3 Å². The van der Waals surface area contributed by atoms with E-state index in [1.807, 2.05) is 41.0 Å². The molecular formula is C22H18Cl2N4O3S. The van der Waals surface area contributed by atoms with E-state index in [4.69, 9.17) is 32.4 Å². The first-order valence-corrected chi connectivity index (χ1v) is 11.3. The SMILES string of the molecule is COc1cccc(-c2nnc(SCC(=O)Nc3ccc(Cl)c(Cl)c3)n2Cc2ccco2)c1. The molecule has 2 aromatic carbocycles. The number of thioether (sulfide) groups is 1. The zero-order valence-corrected chi connectivity index (χ0v) is 19.2. The number of hydrogen-bond donors (Lipinski definition) is 1. The number of carbonyl (C=O) groups is 1. The van der Waals surface area contributed by atoms with Crippen molar-refractivity contribution in [2.45, 2.75) is 11.7 Å². The number of ether oxygens (including phenoxy) is 1. The highest BCUT2D eigenvalue weighted by atomic mass is 35.5. The Morgan fingerprint density at radius 2 is 2.00 bits per heavy atom. The molecule has 0 spiro atoms. The number of aromatic nitrogens is 3. The largest absolute Gasteiger partial charge is 0.497 e. The third-order valence-electron chi connectivity index (χ3n) is 4.47. The van der Waals surface area contributed by atoms with Gasteiger partial charge in [-0.1, -0.05) is 47.1 Å². The van der Waals surface area contributed by atoms with Gasteiger partial charge in [0.25, 0.3) is 0 Å². The third-order valence-corrected chi connectivity index (χ3v) is 6.18. The van der Waals surface area contributed by atoms with Crippen molar-refractivity contribution in [3.63, 3.8) is 0 Å². The van der Waals surface area contributed by atoms with E-state index in [1.54, 1.807) is 31.6 Å². The van der Waals surface area contributed by atoms with E-state index in [9.17, 15) is 4.79 Å². The Balaban J connectivity index is 1.54. The molecule has 1 amide bonds. The van der Waals surface area contributed by atoms with Crippen LogP contribution in [0.2, 0.25) is 10.0 Å². The van der Waals surface area contributed by atoms with Gasteiger partial charge in [0.2, 0.25) is 5.91 Å². The molecule has 7 nitrogen and oxygen atoms in total. The number of nitrogens with zero attached hydrogens (tertiary/aromatic N) is 3. The number of benzene rings is 2. The quantitative estimate of drug-likeness (QED) is 0.323. The van der Waals surface area contributed by atoms with Crippen molar-refractivity contribution in [1.29, 1.82) is 0 Å². The molecule has 0 bridgehead atoms. The van der Waals surface area contributed by atoms with E-state index >= 15 is 0 Å². The molecule has 32 heavy (non-hydrogen) atoms. The van der Waals surface area contributed by atoms with Crippen LogP contribution in [0.3, 0.4) is 0 Å². The summed E-state index contributed by atoms with van der Waals surface area (Å²) in [6, 6.07) is 16.2. The van der Waals surface area contributed by atoms with Gasteiger partial charge >= 0.3 is 0 Å². The first-order valence-electron chi connectivity index (χ1n) is 9.51. The fraction of sp³-hybridized carbons (Fsp3) is 0.136. The lowest BCUT2D eigenvalue weighted by Crippen LogP contribution is -2.14. The maximum Gasteiger partial charge on any atom is 0.234 e. The minimum absolute atomic E-state index is 0.134. The van der Waals surface area contributed by atoms with E-state index in [1.165, 1.54) is 11.8 Å². The van der Waals surface area contributed by atoms with Crippen molar-refractivity contribution in [2.75, 3.05) is 18.2 Å². The fourth-order valence-corrected chi connectivity index (χ4v) is 4.01. The highest BCUT2D eigenvalue weighted by molar-refractivity contribution is 7.99. The first-order chi connectivity index (χ1) is 15.5. The average Bonchev–Trinajstić information content (AvgIpc) is 3.45. The molecule has 2 heterocycles. The lowest BCUT2D eigenvalue weighted by molar-refractivity contribution is -0.113. The molecule has 1 N–H and O–H groups in total. The molecule has 0 aliphatic rings. The molecule has 2 aromatic heterocycles. The van der Waals surface area contributed by atoms with Crippen molar-refractivity contribution in [3.05, 3.63) is 76.7 Å². The van der Waals surface area contributed by atoms with Crippen LogP contribution >= 0.6 is 35.0 Å². The normalized spacial score (nSPS) is 10.8. The molecule has 164 valence electrons. The van der Waals surface area contributed by atoms with Crippen molar-refractivity contribution < 1.29 is 13.9 Å². The maximum absolute atomic E-state index is 12.5. The van der Waals surface area contributed by atoms with E-state index < -0.39 is 0 Å². The zero-order chi connectivity index (χ0) is 22.5. The topological polar surface area (TPSA) is 82.2 Å². The minimum atomic E-state index is -0.205. The van der Waals surface area contributed by atoms with Crippen molar-refractivity contribution >= 4 is 46.6 Å². The molecule has 0 saturated carbocycles. The van der Waals surface area contributed by atoms with Gasteiger partial charge in [-0.2, -0.15) is 0 Å². The maximum atomic E-state index is 12.5. The number of anilines is 1. The average molecular weight is 489 g/mol. The van der Waals surface area contributed by atoms with E-state index in [-0.39, 0.29) is 11.7 Å². The summed E-state index contributed by atoms with van der Waals surface area (Å²) in [5.41, 5.74) is 1.41. The van der Waals surface area contributed by atoms with E-state index in [0.29, 0.717) is 39.0 Å². The molecular weight excluding hydrogens is 471 g/mol. The Bertz CT molecular complexity index is 1230. The van der Waals surface area contributed by atoms with Crippen LogP contribution in [0.4, 0.5) is 5.69 Å². The number of nitrogens with one attached hydrogen (secondary N) is 1. The molecule has 10 heteroatoms. The molecule has 0 atom stereocenters. The standard InChI is InChI=1S/C22H18Cl2N4O3S/c1-30-16-5-2-4-14(10-16)21-26-27-22(28(21)12-17-6-3-9-31-17)32-13-20(29)25-15-7-8-18(23)19(24)11-15/h2-11H,12-13H2,1H3,(H,25,29). The summed E-state index contributed by atoms with van der Waals surface area (Å²) in [6.45, 7) is 0.420. The number of carbonyl (C=O) groups excluding carboxylic acids is 1. The number of furan rings is 1. The summed E-state index contributed by atoms with van der Waals surface area (Å²) < 4.78 is 12.7. The number of methoxy groups -OCH3 is 1. The summed E-state index contributed by atoms with van der Waals surface area (Å²) in [4.78, 5) is 12.5. The lowest BCUT2D eigenvalue weighted by atomic mass is 10.2. The summed E-state index contributed by atoms with van der Waals surface area (Å²) in [5.74, 6) is 2.03. The van der Waals surface area contributed by atoms with Gasteiger partial charge in [0.1, 0.15) is 11.5 Å². The van der Waals surface area contributed by atoms with Gasteiger partial charge in [-0.05, 0) is 42.5 Å². The summed E-state index contributed by atoms with van der Waals surface area (Å²) in [7, 11) is 1.61. The summed E-state index contributed by atoms with van der Waals surface area (Å²) >= 11 is 13.2. The van der Waals surface area contributed by atoms with Crippen molar-refractivity contribution in [3.8, 4) is 17.1 Å². The molecule has 0 saturated heterocycles. The molecule has 0 radical (unpaired) electrons. The highest BCUT2D eigenvalue weighted by Gasteiger charge is 2.17. The van der Waals surface area contributed by atoms with Gasteiger partial charge in [-0.3, -0.25) is 9.36 Å². The summed E-state index contributed by atoms with van der Waals surface area (Å²) in [6.07, 6.45) is 1.61. The van der Waals surface area contributed by atoms with E-state index in [0.717, 1.165) is 11.3 Å². The second-order valence-electron chi connectivity index (χ2n) is 6.67. The molecule has 4 aromatic rings. The first kappa shape index (κ1) is 22.3. The second kappa shape index (κ2) is 10.1. The Hall–Kier alpha value is -2.94. The minimum Gasteiger partial charge on any atom is -0.497 e. The predicted octanol–water partition coefficient (Wildman–Crippen LogP) is 5.63. The van der Waals surface area contributed by atoms with Gasteiger partial charge in [0, 0.05) is 11.3 Å². The highest BCUT2D eigenvalue weighted by Crippen LogP contribution is 2.28. The number of hydrogen-bond acceptors (Lipinski definition) is 6. The van der Waals surface area contributed by atoms with Crippen molar-refractivity contribution in [2.24, 2.45) is 0 Å². The van der Waals surface area contributed by atoms with Gasteiger partial charge in [-0.15, -0.1) is 10.2 Å². The number of amides is 1. The molecule has 0 aliphatic heterocycles. The Kier molecular flexibility index (Phi) is 7.04. The van der Waals surface area contributed by atoms with Gasteiger partial charge in [-0.25, -0.2) is 0 Å². The Morgan fingerprint density at radius 1 is 1.12 bits per heavy atom. The number of rotatable bonds is 8. The van der Waals surface area contributed by atoms with Crippen LogP contribution in [0.1, 0.15) is 5.76 Å². The van der Waals surface area contributed by atoms with Crippen LogP contribution in [0.15, 0.2) is 70.4 Å². The smallest absolute Gasteiger partial charge is 0.234 e. The molecule has 4 rings (SSSR count). The molecule has 0 fully saturated rings. The van der Waals surface area contributed by atoms with Gasteiger partial charge in [0.15, 0.2) is 11.0 Å². The van der Waals surface area contributed by atoms with Gasteiger partial charge in [0.05, 0.1) is 35.7 Å². The van der Waals surface area contributed by atoms with Crippen LogP contribution in [0, 0.1) is 0 Å². The van der Waals surface area contributed by atoms with Gasteiger partial charge < -0.3 is 14.5 Å². The zero-order valence-electron chi connectivity index (χ0n) is 16.9. The molecule has 0 aliphatic carbocycles. The van der Waals surface area contributed by atoms with Crippen LogP contribution in [-0.4, -0.2) is 33.5 Å². The van der Waals surface area contributed by atoms with E-state index in [2.05, 4.69) is 15.5 Å². The monoisotopic (exact) mass is 488 g/mol. The van der Waals surface area contributed by atoms with Crippen LogP contribution in [0.25, 0.3) is 11.4 Å².